The molecule has 31 heavy (non-hydrogen) atoms. The number of benzene rings is 1. The number of thioether (sulfide) groups is 1. The molecule has 3 amide bonds. The summed E-state index contributed by atoms with van der Waals surface area (Å²) >= 11 is 2.83. The fourth-order valence-electron chi connectivity index (χ4n) is 3.26. The summed E-state index contributed by atoms with van der Waals surface area (Å²) in [6.45, 7) is 11.1. The molecule has 7 nitrogen and oxygen atoms in total. The number of aryl methyl sites for hydroxylation is 4. The summed E-state index contributed by atoms with van der Waals surface area (Å²) in [6, 6.07) is 3.40. The van der Waals surface area contributed by atoms with Gasteiger partial charge in [0.05, 0.1) is 5.69 Å². The van der Waals surface area contributed by atoms with E-state index in [4.69, 9.17) is 0 Å². The van der Waals surface area contributed by atoms with Gasteiger partial charge in [0.15, 0.2) is 5.13 Å². The zero-order valence-corrected chi connectivity index (χ0v) is 20.5. The van der Waals surface area contributed by atoms with Gasteiger partial charge in [0.2, 0.25) is 11.8 Å². The molecule has 1 atom stereocenters. The highest BCUT2D eigenvalue weighted by atomic mass is 32.2. The van der Waals surface area contributed by atoms with Gasteiger partial charge in [0, 0.05) is 12.6 Å². The number of amides is 3. The molecule has 0 saturated heterocycles. The maximum Gasteiger partial charge on any atom is 0.267 e. The molecule has 0 aliphatic heterocycles. The van der Waals surface area contributed by atoms with Crippen molar-refractivity contribution in [3.05, 3.63) is 39.4 Å². The third-order valence-electron chi connectivity index (χ3n) is 4.60. The van der Waals surface area contributed by atoms with Crippen LogP contribution in [0.3, 0.4) is 0 Å². The molecule has 1 unspecified atom stereocenters. The molecular weight excluding hydrogens is 432 g/mol. The number of hydrogen-bond acceptors (Lipinski definition) is 6. The van der Waals surface area contributed by atoms with E-state index in [1.54, 1.807) is 18.7 Å². The molecule has 1 heterocycles. The number of nitrogens with zero attached hydrogens (tertiary/aromatic N) is 1. The summed E-state index contributed by atoms with van der Waals surface area (Å²) in [4.78, 5) is 41.8. The summed E-state index contributed by atoms with van der Waals surface area (Å²) in [5.74, 6) is 0.842. The van der Waals surface area contributed by atoms with Gasteiger partial charge in [-0.2, -0.15) is 11.8 Å². The Bertz CT molecular complexity index is 949. The van der Waals surface area contributed by atoms with Crippen molar-refractivity contribution >= 4 is 51.6 Å². The van der Waals surface area contributed by atoms with Crippen molar-refractivity contribution in [1.82, 2.24) is 10.3 Å². The molecule has 3 N–H and O–H groups in total. The number of carbonyl (C=O) groups is 3. The van der Waals surface area contributed by atoms with Crippen molar-refractivity contribution in [1.29, 1.82) is 0 Å². The number of hydrogen-bond donors (Lipinski definition) is 3. The Morgan fingerprint density at radius 3 is 2.32 bits per heavy atom. The molecule has 2 rings (SSSR count). The lowest BCUT2D eigenvalue weighted by Gasteiger charge is -2.16. The molecule has 0 aliphatic rings. The van der Waals surface area contributed by atoms with Crippen LogP contribution < -0.4 is 16.0 Å². The van der Waals surface area contributed by atoms with Crippen molar-refractivity contribution < 1.29 is 14.4 Å². The molecule has 0 saturated carbocycles. The standard InChI is InChI=1S/C22H30N4O3S2/c1-7-30-9-8-17(24-16(6)27)20(28)26-22-23-15(5)19(31-22)21(29)25-18-13(3)10-12(2)11-14(18)4/h10-11,17H,7-9H2,1-6H3,(H,24,27)(H,25,29)(H,23,26,28). The Labute approximate surface area is 191 Å². The number of rotatable bonds is 9. The van der Waals surface area contributed by atoms with Crippen molar-refractivity contribution in [2.24, 2.45) is 0 Å². The van der Waals surface area contributed by atoms with Crippen molar-refractivity contribution in [2.75, 3.05) is 22.1 Å². The number of nitrogens with one attached hydrogen (secondary N) is 3. The van der Waals surface area contributed by atoms with Gasteiger partial charge in [-0.3, -0.25) is 14.4 Å². The molecule has 1 aromatic carbocycles. The lowest BCUT2D eigenvalue weighted by molar-refractivity contribution is -0.125. The van der Waals surface area contributed by atoms with Crippen LogP contribution in [0.2, 0.25) is 0 Å². The molecule has 0 aliphatic carbocycles. The molecule has 0 spiro atoms. The summed E-state index contributed by atoms with van der Waals surface area (Å²) < 4.78 is 0. The Balaban J connectivity index is 2.13. The fourth-order valence-corrected chi connectivity index (χ4v) is 4.82. The number of anilines is 2. The Hall–Kier alpha value is -2.39. The van der Waals surface area contributed by atoms with Crippen LogP contribution >= 0.6 is 23.1 Å². The Morgan fingerprint density at radius 2 is 1.74 bits per heavy atom. The Kier molecular flexibility index (Phi) is 9.06. The smallest absolute Gasteiger partial charge is 0.267 e. The molecule has 1 aromatic heterocycles. The monoisotopic (exact) mass is 462 g/mol. The highest BCUT2D eigenvalue weighted by molar-refractivity contribution is 7.99. The molecule has 2 aromatic rings. The topological polar surface area (TPSA) is 100 Å². The largest absolute Gasteiger partial charge is 0.345 e. The van der Waals surface area contributed by atoms with Gasteiger partial charge in [0.1, 0.15) is 10.9 Å². The second-order valence-corrected chi connectivity index (χ2v) is 9.78. The second kappa shape index (κ2) is 11.3. The van der Waals surface area contributed by atoms with E-state index < -0.39 is 6.04 Å². The van der Waals surface area contributed by atoms with Gasteiger partial charge in [-0.05, 0) is 56.7 Å². The fraction of sp³-hybridized carbons (Fsp3) is 0.455. The third kappa shape index (κ3) is 7.07. The first kappa shape index (κ1) is 24.9. The van der Waals surface area contributed by atoms with E-state index in [2.05, 4.69) is 20.9 Å². The van der Waals surface area contributed by atoms with Crippen LogP contribution in [0.15, 0.2) is 12.1 Å². The quantitative estimate of drug-likeness (QED) is 0.485. The number of carbonyl (C=O) groups excluding carboxylic acids is 3. The molecule has 9 heteroatoms. The predicted molar refractivity (Wildman–Crippen MR) is 129 cm³/mol. The molecule has 0 fully saturated rings. The second-order valence-electron chi connectivity index (χ2n) is 7.39. The molecule has 168 valence electrons. The van der Waals surface area contributed by atoms with Crippen molar-refractivity contribution in [3.63, 3.8) is 0 Å². The van der Waals surface area contributed by atoms with Crippen molar-refractivity contribution in [2.45, 2.75) is 54.0 Å². The van der Waals surface area contributed by atoms with E-state index in [1.165, 1.54) is 6.92 Å². The zero-order chi connectivity index (χ0) is 23.1. The van der Waals surface area contributed by atoms with Gasteiger partial charge in [-0.25, -0.2) is 4.98 Å². The first-order valence-electron chi connectivity index (χ1n) is 10.1. The number of thiazole rings is 1. The minimum absolute atomic E-state index is 0.261. The molecular formula is C22H30N4O3S2. The van der Waals surface area contributed by atoms with E-state index in [9.17, 15) is 14.4 Å². The van der Waals surface area contributed by atoms with Crippen LogP contribution in [-0.4, -0.2) is 40.3 Å². The first-order chi connectivity index (χ1) is 14.6. The Morgan fingerprint density at radius 1 is 1.10 bits per heavy atom. The zero-order valence-electron chi connectivity index (χ0n) is 18.8. The summed E-state index contributed by atoms with van der Waals surface area (Å²) in [6.07, 6.45) is 0.521. The normalized spacial score (nSPS) is 11.7. The maximum absolute atomic E-state index is 12.9. The predicted octanol–water partition coefficient (Wildman–Crippen LogP) is 4.22. The summed E-state index contributed by atoms with van der Waals surface area (Å²) in [5.41, 5.74) is 4.44. The van der Waals surface area contributed by atoms with Crippen LogP contribution in [-0.2, 0) is 9.59 Å². The highest BCUT2D eigenvalue weighted by Crippen LogP contribution is 2.27. The SMILES string of the molecule is CCSCCC(NC(C)=O)C(=O)Nc1nc(C)c(C(=O)Nc2c(C)cc(C)cc2C)s1. The van der Waals surface area contributed by atoms with Crippen molar-refractivity contribution in [3.8, 4) is 0 Å². The van der Waals surface area contributed by atoms with Crippen LogP contribution in [0.4, 0.5) is 10.8 Å². The van der Waals surface area contributed by atoms with Crippen LogP contribution in [0.1, 0.15) is 52.3 Å². The lowest BCUT2D eigenvalue weighted by Crippen LogP contribution is -2.43. The van der Waals surface area contributed by atoms with Gasteiger partial charge in [0.25, 0.3) is 5.91 Å². The minimum atomic E-state index is -0.643. The average Bonchev–Trinajstić information content (AvgIpc) is 3.03. The summed E-state index contributed by atoms with van der Waals surface area (Å²) in [7, 11) is 0. The average molecular weight is 463 g/mol. The lowest BCUT2D eigenvalue weighted by atomic mass is 10.1. The van der Waals surface area contributed by atoms with E-state index >= 15 is 0 Å². The maximum atomic E-state index is 12.9. The number of aromatic nitrogens is 1. The van der Waals surface area contributed by atoms with Crippen LogP contribution in [0.25, 0.3) is 0 Å². The van der Waals surface area contributed by atoms with E-state index in [0.717, 1.165) is 45.2 Å². The van der Waals surface area contributed by atoms with E-state index in [0.29, 0.717) is 22.1 Å². The van der Waals surface area contributed by atoms with Gasteiger partial charge >= 0.3 is 0 Å². The van der Waals surface area contributed by atoms with Gasteiger partial charge in [-0.1, -0.05) is 36.0 Å². The summed E-state index contributed by atoms with van der Waals surface area (Å²) in [5, 5.41) is 8.74. The highest BCUT2D eigenvalue weighted by Gasteiger charge is 2.23. The van der Waals surface area contributed by atoms with Gasteiger partial charge < -0.3 is 16.0 Å². The van der Waals surface area contributed by atoms with E-state index in [-0.39, 0.29) is 17.7 Å². The van der Waals surface area contributed by atoms with E-state index in [1.807, 2.05) is 39.8 Å². The van der Waals surface area contributed by atoms with Gasteiger partial charge in [-0.15, -0.1) is 0 Å². The van der Waals surface area contributed by atoms with Crippen LogP contribution in [0.5, 0.6) is 0 Å². The molecule has 0 radical (unpaired) electrons. The first-order valence-corrected chi connectivity index (χ1v) is 12.1. The molecule has 0 bridgehead atoms. The third-order valence-corrected chi connectivity index (χ3v) is 6.60. The van der Waals surface area contributed by atoms with Crippen LogP contribution in [0, 0.1) is 27.7 Å². The minimum Gasteiger partial charge on any atom is -0.345 e.